The first-order valence-electron chi connectivity index (χ1n) is 12.9. The Kier molecular flexibility index (Phi) is 5.52. The van der Waals surface area contributed by atoms with Crippen molar-refractivity contribution in [2.75, 3.05) is 61.5 Å². The summed E-state index contributed by atoms with van der Waals surface area (Å²) >= 11 is 0. The van der Waals surface area contributed by atoms with Crippen molar-refractivity contribution >= 4 is 23.6 Å². The van der Waals surface area contributed by atoms with Gasteiger partial charge in [0.2, 0.25) is 17.8 Å². The number of nitrogens with zero attached hydrogens (tertiary/aromatic N) is 7. The van der Waals surface area contributed by atoms with Gasteiger partial charge >= 0.3 is 0 Å². The van der Waals surface area contributed by atoms with Crippen LogP contribution in [0.5, 0.6) is 0 Å². The lowest BCUT2D eigenvalue weighted by Crippen LogP contribution is -2.50. The molecule has 0 radical (unpaired) electrons. The van der Waals surface area contributed by atoms with Crippen LogP contribution in [0.25, 0.3) is 11.3 Å². The highest BCUT2D eigenvalue weighted by Crippen LogP contribution is 2.48. The number of nitrogens with two attached hydrogens (primary N) is 2. The van der Waals surface area contributed by atoms with Crippen LogP contribution in [-0.2, 0) is 16.0 Å². The Morgan fingerprint density at radius 2 is 1.94 bits per heavy atom. The van der Waals surface area contributed by atoms with Crippen molar-refractivity contribution in [1.29, 1.82) is 0 Å². The second kappa shape index (κ2) is 8.52. The molecule has 2 saturated heterocycles. The molecule has 11 heteroatoms. The monoisotopic (exact) mass is 493 g/mol. The van der Waals surface area contributed by atoms with Gasteiger partial charge in [0.05, 0.1) is 35.9 Å². The molecular formula is C25H35N9O2. The van der Waals surface area contributed by atoms with Crippen LogP contribution < -0.4 is 21.3 Å². The second-order valence-electron chi connectivity index (χ2n) is 11.0. The number of carbonyl (C=O) groups excluding carboxylic acids is 1. The van der Waals surface area contributed by atoms with Gasteiger partial charge in [0, 0.05) is 56.2 Å². The van der Waals surface area contributed by atoms with Gasteiger partial charge in [-0.1, -0.05) is 0 Å². The fourth-order valence-corrected chi connectivity index (χ4v) is 5.95. The van der Waals surface area contributed by atoms with E-state index in [4.69, 9.17) is 26.2 Å². The first kappa shape index (κ1) is 23.4. The molecule has 11 nitrogen and oxygen atoms in total. The number of anilines is 3. The molecule has 4 aliphatic rings. The molecule has 0 unspecified atom stereocenters. The number of hydrogen-bond donors (Lipinski definition) is 2. The van der Waals surface area contributed by atoms with Crippen molar-refractivity contribution < 1.29 is 9.53 Å². The smallest absolute Gasteiger partial charge is 0.230 e. The first-order valence-corrected chi connectivity index (χ1v) is 12.9. The normalized spacial score (nSPS) is 26.9. The lowest BCUT2D eigenvalue weighted by molar-refractivity contribution is -0.135. The van der Waals surface area contributed by atoms with Crippen molar-refractivity contribution in [2.45, 2.75) is 51.1 Å². The molecule has 0 aromatic carbocycles. The van der Waals surface area contributed by atoms with E-state index in [0.29, 0.717) is 32.3 Å². The molecule has 1 aliphatic carbocycles. The Hall–Kier alpha value is -3.05. The number of likely N-dealkylation sites (tertiary alicyclic amines) is 1. The molecule has 0 spiro atoms. The molecule has 2 atom stereocenters. The molecule has 5 heterocycles. The van der Waals surface area contributed by atoms with E-state index in [0.717, 1.165) is 68.0 Å². The molecule has 6 rings (SSSR count). The lowest BCUT2D eigenvalue weighted by Gasteiger charge is -2.38. The molecule has 1 saturated carbocycles. The highest BCUT2D eigenvalue weighted by atomic mass is 16.5. The van der Waals surface area contributed by atoms with Crippen molar-refractivity contribution in [3.8, 4) is 11.3 Å². The maximum atomic E-state index is 13.2. The van der Waals surface area contributed by atoms with Gasteiger partial charge in [0.1, 0.15) is 5.82 Å². The Morgan fingerprint density at radius 3 is 2.64 bits per heavy atom. The minimum atomic E-state index is -0.321. The highest BCUT2D eigenvalue weighted by Gasteiger charge is 2.53. The fourth-order valence-electron chi connectivity index (χ4n) is 5.95. The predicted octanol–water partition coefficient (Wildman–Crippen LogP) is 0.833. The van der Waals surface area contributed by atoms with Crippen molar-refractivity contribution in [3.63, 3.8) is 0 Å². The van der Waals surface area contributed by atoms with E-state index in [1.54, 1.807) is 12.4 Å². The summed E-state index contributed by atoms with van der Waals surface area (Å²) in [7, 11) is 0. The molecule has 1 amide bonds. The van der Waals surface area contributed by atoms with Gasteiger partial charge in [0.15, 0.2) is 0 Å². The minimum Gasteiger partial charge on any atom is -0.377 e. The van der Waals surface area contributed by atoms with E-state index >= 15 is 0 Å². The Balaban J connectivity index is 1.37. The minimum absolute atomic E-state index is 0.170. The van der Waals surface area contributed by atoms with Crippen LogP contribution in [0.1, 0.15) is 38.7 Å². The van der Waals surface area contributed by atoms with Crippen LogP contribution in [0, 0.1) is 5.41 Å². The summed E-state index contributed by atoms with van der Waals surface area (Å²) in [6.07, 6.45) is 7.00. The first-order chi connectivity index (χ1) is 17.3. The molecule has 192 valence electrons. The van der Waals surface area contributed by atoms with Crippen molar-refractivity contribution in [2.24, 2.45) is 11.1 Å². The van der Waals surface area contributed by atoms with Gasteiger partial charge in [-0.2, -0.15) is 4.98 Å². The standard InChI is InChI=1S/C25H35N9O2/c1-16-13-36-10-9-33(16)23-30-19(17-11-28-22(27)29-12-17)18-3-7-34(20(18)31-23)24(2)6-8-32(15-24)21(35)25(14-26)4-5-25/h11-12,16H,3-10,13-15,26H2,1-2H3,(H2,27,28,29)/t16-,24-/m0/s1. The zero-order valence-electron chi connectivity index (χ0n) is 21.1. The van der Waals surface area contributed by atoms with E-state index in [9.17, 15) is 4.79 Å². The maximum absolute atomic E-state index is 13.2. The summed E-state index contributed by atoms with van der Waals surface area (Å²) in [6, 6.07) is 0.170. The summed E-state index contributed by atoms with van der Waals surface area (Å²) in [5.74, 6) is 2.10. The largest absolute Gasteiger partial charge is 0.377 e. The third-order valence-corrected chi connectivity index (χ3v) is 8.47. The molecular weight excluding hydrogens is 458 g/mol. The van der Waals surface area contributed by atoms with Crippen LogP contribution >= 0.6 is 0 Å². The molecule has 4 N–H and O–H groups in total. The predicted molar refractivity (Wildman–Crippen MR) is 136 cm³/mol. The Labute approximate surface area is 211 Å². The van der Waals surface area contributed by atoms with E-state index in [-0.39, 0.29) is 28.9 Å². The topological polar surface area (TPSA) is 140 Å². The number of ether oxygens (including phenoxy) is 1. The van der Waals surface area contributed by atoms with E-state index in [1.165, 1.54) is 0 Å². The van der Waals surface area contributed by atoms with Gasteiger partial charge in [0.25, 0.3) is 0 Å². The summed E-state index contributed by atoms with van der Waals surface area (Å²) in [5, 5.41) is 0. The summed E-state index contributed by atoms with van der Waals surface area (Å²) in [4.78, 5) is 38.5. The number of morpholine rings is 1. The van der Waals surface area contributed by atoms with Crippen LogP contribution in [0.3, 0.4) is 0 Å². The SMILES string of the molecule is C[C@H]1COCCN1c1nc(-c2cnc(N)nc2)c2c(n1)N([C@@]1(C)CCN(C(=O)C3(CN)CC3)C1)CC2. The number of nitrogen functional groups attached to an aromatic ring is 1. The van der Waals surface area contributed by atoms with E-state index in [1.807, 2.05) is 4.90 Å². The average molecular weight is 494 g/mol. The van der Waals surface area contributed by atoms with Crippen LogP contribution in [-0.4, -0.2) is 88.3 Å². The second-order valence-corrected chi connectivity index (χ2v) is 11.0. The Bertz CT molecular complexity index is 1170. The van der Waals surface area contributed by atoms with E-state index < -0.39 is 0 Å². The number of aromatic nitrogens is 4. The average Bonchev–Trinajstić information content (AvgIpc) is 3.40. The molecule has 36 heavy (non-hydrogen) atoms. The Morgan fingerprint density at radius 1 is 1.17 bits per heavy atom. The zero-order chi connectivity index (χ0) is 25.1. The number of hydrogen-bond acceptors (Lipinski definition) is 10. The number of amides is 1. The van der Waals surface area contributed by atoms with Crippen LogP contribution in [0.4, 0.5) is 17.7 Å². The van der Waals surface area contributed by atoms with Gasteiger partial charge in [-0.05, 0) is 39.5 Å². The van der Waals surface area contributed by atoms with Crippen molar-refractivity contribution in [1.82, 2.24) is 24.8 Å². The van der Waals surface area contributed by atoms with Crippen LogP contribution in [0.2, 0.25) is 0 Å². The summed E-state index contributed by atoms with van der Waals surface area (Å²) < 4.78 is 5.66. The van der Waals surface area contributed by atoms with E-state index in [2.05, 4.69) is 33.6 Å². The molecule has 0 bridgehead atoms. The zero-order valence-corrected chi connectivity index (χ0v) is 21.1. The fraction of sp³-hybridized carbons (Fsp3) is 0.640. The maximum Gasteiger partial charge on any atom is 0.230 e. The molecule has 2 aromatic rings. The van der Waals surface area contributed by atoms with Gasteiger partial charge < -0.3 is 30.9 Å². The third kappa shape index (κ3) is 3.76. The molecule has 3 aliphatic heterocycles. The number of carbonyl (C=O) groups is 1. The van der Waals surface area contributed by atoms with Gasteiger partial charge in [-0.3, -0.25) is 4.79 Å². The third-order valence-electron chi connectivity index (χ3n) is 8.47. The van der Waals surface area contributed by atoms with Gasteiger partial charge in [-0.25, -0.2) is 15.0 Å². The quantitative estimate of drug-likeness (QED) is 0.615. The van der Waals surface area contributed by atoms with Gasteiger partial charge in [-0.15, -0.1) is 0 Å². The number of fused-ring (bicyclic) bond motifs is 1. The molecule has 3 fully saturated rings. The number of rotatable bonds is 5. The molecule has 2 aromatic heterocycles. The lowest BCUT2D eigenvalue weighted by atomic mass is 9.99. The highest BCUT2D eigenvalue weighted by molar-refractivity contribution is 5.86. The van der Waals surface area contributed by atoms with Crippen LogP contribution in [0.15, 0.2) is 12.4 Å². The van der Waals surface area contributed by atoms with Crippen molar-refractivity contribution in [3.05, 3.63) is 18.0 Å². The summed E-state index contributed by atoms with van der Waals surface area (Å²) in [5.41, 5.74) is 14.0. The summed E-state index contributed by atoms with van der Waals surface area (Å²) in [6.45, 7) is 9.10.